The van der Waals surface area contributed by atoms with Gasteiger partial charge in [-0.15, -0.1) is 22.7 Å². The van der Waals surface area contributed by atoms with Crippen LogP contribution in [-0.4, -0.2) is 37.9 Å². The van der Waals surface area contributed by atoms with Gasteiger partial charge in [-0.05, 0) is 26.0 Å². The summed E-state index contributed by atoms with van der Waals surface area (Å²) >= 11 is 2.93. The minimum Gasteiger partial charge on any atom is -0.495 e. The van der Waals surface area contributed by atoms with Gasteiger partial charge in [0.25, 0.3) is 0 Å². The van der Waals surface area contributed by atoms with Crippen molar-refractivity contribution in [1.82, 2.24) is 0 Å². The van der Waals surface area contributed by atoms with Crippen LogP contribution < -0.4 is 15.2 Å². The summed E-state index contributed by atoms with van der Waals surface area (Å²) in [6.07, 6.45) is 0. The molecule has 1 aliphatic heterocycles. The highest BCUT2D eigenvalue weighted by molar-refractivity contribution is 7.14. The highest BCUT2D eigenvalue weighted by Gasteiger charge is 2.42. The van der Waals surface area contributed by atoms with Gasteiger partial charge in [-0.2, -0.15) is 0 Å². The quantitative estimate of drug-likeness (QED) is 0.403. The lowest BCUT2D eigenvalue weighted by molar-refractivity contribution is -0.183. The zero-order valence-corrected chi connectivity index (χ0v) is 16.5. The maximum Gasteiger partial charge on any atom is 0.184 e. The molecule has 7 nitrogen and oxygen atoms in total. The minimum absolute atomic E-state index is 0.229. The third-order valence-corrected chi connectivity index (χ3v) is 6.13. The molecule has 0 atom stereocenters. The molecule has 3 rings (SSSR count). The first kappa shape index (κ1) is 19.0. The van der Waals surface area contributed by atoms with Crippen LogP contribution in [0.3, 0.4) is 0 Å². The highest BCUT2D eigenvalue weighted by atomic mass is 32.1. The topological polar surface area (TPSA) is 95.5 Å². The van der Waals surface area contributed by atoms with Crippen LogP contribution in [0.5, 0.6) is 11.5 Å². The molecule has 1 fully saturated rings. The first-order valence-electron chi connectivity index (χ1n) is 8.13. The van der Waals surface area contributed by atoms with E-state index in [1.54, 1.807) is 7.11 Å². The Bertz CT molecular complexity index is 795. The van der Waals surface area contributed by atoms with Crippen LogP contribution in [0.4, 0.5) is 0 Å². The molecule has 9 heteroatoms. The van der Waals surface area contributed by atoms with Gasteiger partial charge in [0.15, 0.2) is 12.4 Å². The summed E-state index contributed by atoms with van der Waals surface area (Å²) in [5.41, 5.74) is 5.07. The molecule has 3 heterocycles. The molecule has 0 bridgehead atoms. The van der Waals surface area contributed by atoms with Crippen molar-refractivity contribution in [2.75, 3.05) is 26.9 Å². The molecule has 2 aromatic rings. The van der Waals surface area contributed by atoms with Gasteiger partial charge in [0.05, 0.1) is 31.8 Å². The molecule has 0 amide bonds. The Morgan fingerprint density at radius 3 is 2.73 bits per heavy atom. The molecule has 2 aromatic heterocycles. The molecule has 0 saturated carbocycles. The number of methoxy groups -OCH3 is 1. The fourth-order valence-corrected chi connectivity index (χ4v) is 4.47. The van der Waals surface area contributed by atoms with Gasteiger partial charge in [0.1, 0.15) is 22.0 Å². The molecule has 142 valence electrons. The molecule has 0 aromatic carbocycles. The maximum absolute atomic E-state index is 10.5. The third kappa shape index (κ3) is 3.80. The summed E-state index contributed by atoms with van der Waals surface area (Å²) in [5, 5.41) is 14.5. The van der Waals surface area contributed by atoms with Crippen LogP contribution in [0.1, 0.15) is 26.4 Å². The van der Waals surface area contributed by atoms with Crippen molar-refractivity contribution in [2.24, 2.45) is 10.9 Å². The Morgan fingerprint density at radius 1 is 1.35 bits per heavy atom. The second-order valence-corrected chi connectivity index (χ2v) is 8.26. The van der Waals surface area contributed by atoms with Crippen molar-refractivity contribution in [3.8, 4) is 11.5 Å². The average Bonchev–Trinajstić information content (AvgIpc) is 3.16. The van der Waals surface area contributed by atoms with E-state index in [9.17, 15) is 5.11 Å². The number of nitrogens with two attached hydrogens (primary N) is 1. The van der Waals surface area contributed by atoms with E-state index in [1.165, 1.54) is 22.7 Å². The molecule has 0 aliphatic carbocycles. The minimum atomic E-state index is -0.975. The van der Waals surface area contributed by atoms with Crippen molar-refractivity contribution in [1.29, 1.82) is 0 Å². The largest absolute Gasteiger partial charge is 0.495 e. The molecule has 0 spiro atoms. The van der Waals surface area contributed by atoms with Gasteiger partial charge in [0.2, 0.25) is 0 Å². The second kappa shape index (κ2) is 7.83. The standard InChI is InChI=1S/C17H22N2O5S2/c1-4-23-12-5-10(2)25-14(12)16(18)19-24-7-11-6-13(21-3)15(26-11)17(20)8-22-9-17/h5-6,20H,4,7-9H2,1-3H3,(H2,18,19). The monoisotopic (exact) mass is 398 g/mol. The lowest BCUT2D eigenvalue weighted by Crippen LogP contribution is -2.46. The molecule has 26 heavy (non-hydrogen) atoms. The number of rotatable bonds is 8. The Balaban J connectivity index is 1.68. The Kier molecular flexibility index (Phi) is 5.71. The summed E-state index contributed by atoms with van der Waals surface area (Å²) in [7, 11) is 1.57. The summed E-state index contributed by atoms with van der Waals surface area (Å²) < 4.78 is 16.0. The third-order valence-electron chi connectivity index (χ3n) is 3.80. The summed E-state index contributed by atoms with van der Waals surface area (Å²) in [6.45, 7) is 5.23. The van der Waals surface area contributed by atoms with Gasteiger partial charge < -0.3 is 29.9 Å². The fraction of sp³-hybridized carbons (Fsp3) is 0.471. The van der Waals surface area contributed by atoms with Crippen molar-refractivity contribution in [3.63, 3.8) is 0 Å². The van der Waals surface area contributed by atoms with Gasteiger partial charge in [-0.25, -0.2) is 0 Å². The maximum atomic E-state index is 10.5. The van der Waals surface area contributed by atoms with Crippen molar-refractivity contribution < 1.29 is 24.2 Å². The molecular weight excluding hydrogens is 376 g/mol. The van der Waals surface area contributed by atoms with Crippen LogP contribution in [0, 0.1) is 6.92 Å². The van der Waals surface area contributed by atoms with Crippen molar-refractivity contribution in [2.45, 2.75) is 26.1 Å². The normalized spacial score (nSPS) is 16.2. The Labute approximate surface area is 159 Å². The van der Waals surface area contributed by atoms with Gasteiger partial charge >= 0.3 is 0 Å². The fourth-order valence-electron chi connectivity index (χ4n) is 2.54. The molecule has 0 unspecified atom stereocenters. The van der Waals surface area contributed by atoms with E-state index in [4.69, 9.17) is 24.8 Å². The number of nitrogens with zero attached hydrogens (tertiary/aromatic N) is 1. The molecule has 3 N–H and O–H groups in total. The van der Waals surface area contributed by atoms with E-state index in [0.29, 0.717) is 18.1 Å². The Morgan fingerprint density at radius 2 is 2.12 bits per heavy atom. The zero-order chi connectivity index (χ0) is 18.7. The molecule has 1 aliphatic rings. The van der Waals surface area contributed by atoms with E-state index < -0.39 is 5.60 Å². The van der Waals surface area contributed by atoms with E-state index in [2.05, 4.69) is 5.16 Å². The van der Waals surface area contributed by atoms with Gasteiger partial charge in [-0.3, -0.25) is 0 Å². The molecule has 0 radical (unpaired) electrons. The molecule has 1 saturated heterocycles. The lowest BCUT2D eigenvalue weighted by atomic mass is 10.00. The number of amidine groups is 1. The smallest absolute Gasteiger partial charge is 0.184 e. The zero-order valence-electron chi connectivity index (χ0n) is 14.9. The van der Waals surface area contributed by atoms with Crippen molar-refractivity contribution in [3.05, 3.63) is 31.6 Å². The summed E-state index contributed by atoms with van der Waals surface area (Å²) in [5.74, 6) is 1.62. The van der Waals surface area contributed by atoms with Gasteiger partial charge in [0, 0.05) is 9.75 Å². The number of oxime groups is 1. The van der Waals surface area contributed by atoms with Crippen molar-refractivity contribution >= 4 is 28.5 Å². The SMILES string of the molecule is CCOc1cc(C)sc1/C(N)=N/OCc1cc(OC)c(C2(O)COC2)s1. The Hall–Kier alpha value is -1.81. The number of hydrogen-bond donors (Lipinski definition) is 2. The van der Waals surface area contributed by atoms with E-state index in [-0.39, 0.29) is 25.7 Å². The van der Waals surface area contributed by atoms with Gasteiger partial charge in [-0.1, -0.05) is 5.16 Å². The molecular formula is C17H22N2O5S2. The number of thiophene rings is 2. The summed E-state index contributed by atoms with van der Waals surface area (Å²) in [4.78, 5) is 8.88. The average molecular weight is 399 g/mol. The number of aryl methyl sites for hydroxylation is 1. The van der Waals surface area contributed by atoms with Crippen LogP contribution in [0.15, 0.2) is 17.3 Å². The lowest BCUT2D eigenvalue weighted by Gasteiger charge is -2.35. The van der Waals surface area contributed by atoms with Crippen LogP contribution >= 0.6 is 22.7 Å². The van der Waals surface area contributed by atoms with E-state index in [0.717, 1.165) is 19.5 Å². The van der Waals surface area contributed by atoms with Crippen LogP contribution in [0.2, 0.25) is 0 Å². The second-order valence-electron chi connectivity index (χ2n) is 5.87. The predicted molar refractivity (Wildman–Crippen MR) is 101 cm³/mol. The van der Waals surface area contributed by atoms with E-state index >= 15 is 0 Å². The number of hydrogen-bond acceptors (Lipinski definition) is 8. The first-order valence-corrected chi connectivity index (χ1v) is 9.76. The predicted octanol–water partition coefficient (Wildman–Crippen LogP) is 2.58. The first-order chi connectivity index (χ1) is 12.5. The van der Waals surface area contributed by atoms with Crippen LogP contribution in [-0.2, 0) is 21.8 Å². The van der Waals surface area contributed by atoms with Crippen LogP contribution in [0.25, 0.3) is 0 Å². The highest BCUT2D eigenvalue weighted by Crippen LogP contribution is 2.42. The van der Waals surface area contributed by atoms with E-state index in [1.807, 2.05) is 26.0 Å². The number of ether oxygens (including phenoxy) is 3. The number of aliphatic hydroxyl groups is 1. The summed E-state index contributed by atoms with van der Waals surface area (Å²) in [6, 6.07) is 3.77.